The van der Waals surface area contributed by atoms with Crippen LogP contribution in [0.2, 0.25) is 0 Å². The molecular formula is C13H18FNO3S2. The average Bonchev–Trinajstić information content (AvgIpc) is 2.47. The molecule has 1 aromatic rings. The second-order valence-corrected chi connectivity index (χ2v) is 8.17. The molecule has 1 aromatic carbocycles. The lowest BCUT2D eigenvalue weighted by Gasteiger charge is -2.37. The van der Waals surface area contributed by atoms with Gasteiger partial charge in [-0.1, -0.05) is 13.0 Å². The van der Waals surface area contributed by atoms with E-state index < -0.39 is 27.6 Å². The summed E-state index contributed by atoms with van der Waals surface area (Å²) in [5, 5.41) is 8.70. The minimum absolute atomic E-state index is 0.0541. The van der Waals surface area contributed by atoms with Gasteiger partial charge in [-0.05, 0) is 12.1 Å². The lowest BCUT2D eigenvalue weighted by molar-refractivity contribution is 0.276. The Morgan fingerprint density at radius 3 is 2.90 bits per heavy atom. The van der Waals surface area contributed by atoms with E-state index >= 15 is 0 Å². The van der Waals surface area contributed by atoms with Gasteiger partial charge in [0.25, 0.3) is 0 Å². The maximum atomic E-state index is 13.8. The number of hydrogen-bond donors (Lipinski definition) is 1. The molecule has 4 nitrogen and oxygen atoms in total. The molecule has 0 amide bonds. The minimum atomic E-state index is -3.26. The molecule has 0 aliphatic carbocycles. The van der Waals surface area contributed by atoms with E-state index in [1.54, 1.807) is 35.7 Å². The summed E-state index contributed by atoms with van der Waals surface area (Å²) in [4.78, 5) is 1.71. The van der Waals surface area contributed by atoms with Crippen LogP contribution in [0.3, 0.4) is 0 Å². The maximum absolute atomic E-state index is 13.8. The number of halogens is 1. The molecule has 1 aliphatic heterocycles. The number of anilines is 1. The van der Waals surface area contributed by atoms with E-state index in [0.29, 0.717) is 18.0 Å². The fourth-order valence-corrected chi connectivity index (χ4v) is 5.30. The van der Waals surface area contributed by atoms with Crippen LogP contribution in [0, 0.1) is 5.82 Å². The number of rotatable bonds is 4. The van der Waals surface area contributed by atoms with E-state index in [9.17, 15) is 17.9 Å². The molecule has 1 heterocycles. The molecule has 0 spiro atoms. The first-order chi connectivity index (χ1) is 9.51. The SMILES string of the molecule is CCS(=O)(=O)C1CSCCN1c1cccc(F)c1CO. The normalized spacial score (nSPS) is 20.1. The van der Waals surface area contributed by atoms with Crippen LogP contribution in [0.5, 0.6) is 0 Å². The smallest absolute Gasteiger partial charge is 0.171 e. The molecule has 1 fully saturated rings. The van der Waals surface area contributed by atoms with Crippen LogP contribution in [-0.4, -0.2) is 42.7 Å². The molecule has 1 saturated heterocycles. The van der Waals surface area contributed by atoms with Crippen molar-refractivity contribution in [1.29, 1.82) is 0 Å². The maximum Gasteiger partial charge on any atom is 0.171 e. The van der Waals surface area contributed by atoms with E-state index in [1.165, 1.54) is 6.07 Å². The van der Waals surface area contributed by atoms with Gasteiger partial charge in [-0.15, -0.1) is 0 Å². The van der Waals surface area contributed by atoms with Gasteiger partial charge < -0.3 is 10.0 Å². The zero-order valence-corrected chi connectivity index (χ0v) is 12.9. The number of hydrogen-bond acceptors (Lipinski definition) is 5. The van der Waals surface area contributed by atoms with Gasteiger partial charge >= 0.3 is 0 Å². The number of sulfone groups is 1. The van der Waals surface area contributed by atoms with E-state index in [-0.39, 0.29) is 11.3 Å². The summed E-state index contributed by atoms with van der Waals surface area (Å²) in [7, 11) is -3.26. The lowest BCUT2D eigenvalue weighted by Crippen LogP contribution is -2.48. The van der Waals surface area contributed by atoms with Gasteiger partial charge in [-0.25, -0.2) is 12.8 Å². The van der Waals surface area contributed by atoms with Gasteiger partial charge in [-0.2, -0.15) is 11.8 Å². The van der Waals surface area contributed by atoms with Crippen LogP contribution in [0.15, 0.2) is 18.2 Å². The molecular weight excluding hydrogens is 301 g/mol. The third-order valence-electron chi connectivity index (χ3n) is 3.46. The molecule has 1 unspecified atom stereocenters. The van der Waals surface area contributed by atoms with Crippen molar-refractivity contribution in [3.05, 3.63) is 29.6 Å². The number of thioether (sulfide) groups is 1. The predicted octanol–water partition coefficient (Wildman–Crippen LogP) is 1.63. The highest BCUT2D eigenvalue weighted by Gasteiger charge is 2.34. The monoisotopic (exact) mass is 319 g/mol. The fourth-order valence-electron chi connectivity index (χ4n) is 2.32. The lowest BCUT2D eigenvalue weighted by atomic mass is 10.1. The Bertz CT molecular complexity index is 577. The van der Waals surface area contributed by atoms with E-state index in [1.807, 2.05) is 0 Å². The molecule has 1 aliphatic rings. The Labute approximate surface area is 122 Å². The van der Waals surface area contributed by atoms with Gasteiger partial charge in [-0.3, -0.25) is 0 Å². The van der Waals surface area contributed by atoms with Crippen molar-refractivity contribution < 1.29 is 17.9 Å². The van der Waals surface area contributed by atoms with Crippen LogP contribution in [-0.2, 0) is 16.4 Å². The molecule has 20 heavy (non-hydrogen) atoms. The van der Waals surface area contributed by atoms with Gasteiger partial charge in [0.1, 0.15) is 11.2 Å². The van der Waals surface area contributed by atoms with Gasteiger partial charge in [0.2, 0.25) is 0 Å². The Morgan fingerprint density at radius 2 is 2.25 bits per heavy atom. The van der Waals surface area contributed by atoms with Crippen LogP contribution < -0.4 is 4.90 Å². The standard InChI is InChI=1S/C13H18FNO3S2/c1-2-20(17,18)13-9-19-7-6-15(13)12-5-3-4-11(14)10(12)8-16/h3-5,13,16H,2,6-9H2,1H3. The van der Waals surface area contributed by atoms with Crippen molar-refractivity contribution in [1.82, 2.24) is 0 Å². The largest absolute Gasteiger partial charge is 0.391 e. The first-order valence-corrected chi connectivity index (χ1v) is 9.32. The Hall–Kier alpha value is -0.790. The molecule has 2 rings (SSSR count). The summed E-state index contributed by atoms with van der Waals surface area (Å²) in [6, 6.07) is 4.49. The van der Waals surface area contributed by atoms with Crippen molar-refractivity contribution in [3.63, 3.8) is 0 Å². The molecule has 0 bridgehead atoms. The third-order valence-corrected chi connectivity index (χ3v) is 6.75. The number of aliphatic hydroxyl groups excluding tert-OH is 1. The summed E-state index contributed by atoms with van der Waals surface area (Å²) in [6.07, 6.45) is 0. The van der Waals surface area contributed by atoms with Crippen LogP contribution >= 0.6 is 11.8 Å². The molecule has 0 aromatic heterocycles. The number of aliphatic hydroxyl groups is 1. The highest BCUT2D eigenvalue weighted by molar-refractivity contribution is 8.01. The molecule has 112 valence electrons. The zero-order chi connectivity index (χ0) is 14.8. The van der Waals surface area contributed by atoms with Crippen LogP contribution in [0.4, 0.5) is 10.1 Å². The highest BCUT2D eigenvalue weighted by Crippen LogP contribution is 2.31. The third kappa shape index (κ3) is 2.94. The average molecular weight is 319 g/mol. The van der Waals surface area contributed by atoms with Crippen molar-refractivity contribution in [3.8, 4) is 0 Å². The van der Waals surface area contributed by atoms with Gasteiger partial charge in [0.15, 0.2) is 9.84 Å². The summed E-state index contributed by atoms with van der Waals surface area (Å²) in [6.45, 7) is 1.71. The van der Waals surface area contributed by atoms with Crippen LogP contribution in [0.1, 0.15) is 12.5 Å². The predicted molar refractivity (Wildman–Crippen MR) is 80.2 cm³/mol. The molecule has 0 saturated carbocycles. The second-order valence-electron chi connectivity index (χ2n) is 4.57. The van der Waals surface area contributed by atoms with E-state index in [2.05, 4.69) is 0 Å². The molecule has 0 radical (unpaired) electrons. The highest BCUT2D eigenvalue weighted by atomic mass is 32.2. The Morgan fingerprint density at radius 1 is 1.50 bits per heavy atom. The summed E-state index contributed by atoms with van der Waals surface area (Å²) in [5.41, 5.74) is 0.644. The summed E-state index contributed by atoms with van der Waals surface area (Å²) in [5.74, 6) is 0.809. The fraction of sp³-hybridized carbons (Fsp3) is 0.538. The van der Waals surface area contributed by atoms with Crippen molar-refractivity contribution in [2.24, 2.45) is 0 Å². The first kappa shape index (κ1) is 15.6. The molecule has 1 N–H and O–H groups in total. The second kappa shape index (κ2) is 6.32. The Kier molecular flexibility index (Phi) is 4.93. The topological polar surface area (TPSA) is 57.6 Å². The van der Waals surface area contributed by atoms with Crippen molar-refractivity contribution in [2.45, 2.75) is 18.9 Å². The quantitative estimate of drug-likeness (QED) is 0.914. The summed E-state index contributed by atoms with van der Waals surface area (Å²) >= 11 is 1.58. The van der Waals surface area contributed by atoms with Crippen LogP contribution in [0.25, 0.3) is 0 Å². The Balaban J connectivity index is 2.46. The number of benzene rings is 1. The zero-order valence-electron chi connectivity index (χ0n) is 11.3. The molecule has 7 heteroatoms. The minimum Gasteiger partial charge on any atom is -0.391 e. The summed E-state index contributed by atoms with van der Waals surface area (Å²) < 4.78 is 38.2. The van der Waals surface area contributed by atoms with Gasteiger partial charge in [0.05, 0.1) is 6.61 Å². The van der Waals surface area contributed by atoms with Crippen molar-refractivity contribution >= 4 is 27.3 Å². The van der Waals surface area contributed by atoms with Gasteiger partial charge in [0, 0.05) is 35.1 Å². The number of nitrogens with zero attached hydrogens (tertiary/aromatic N) is 1. The van der Waals surface area contributed by atoms with Crippen molar-refractivity contribution in [2.75, 3.05) is 28.7 Å². The van der Waals surface area contributed by atoms with E-state index in [0.717, 1.165) is 5.75 Å². The van der Waals surface area contributed by atoms with E-state index in [4.69, 9.17) is 0 Å². The molecule has 1 atom stereocenters. The first-order valence-electron chi connectivity index (χ1n) is 6.45.